The zero-order valence-corrected chi connectivity index (χ0v) is 12.7. The molecule has 0 aliphatic heterocycles. The predicted molar refractivity (Wildman–Crippen MR) is 81.4 cm³/mol. The molecule has 1 aromatic heterocycles. The van der Waals surface area contributed by atoms with Crippen LogP contribution in [0.15, 0.2) is 16.6 Å². The molecule has 0 spiro atoms. The van der Waals surface area contributed by atoms with Crippen LogP contribution in [0.4, 0.5) is 0 Å². The highest BCUT2D eigenvalue weighted by atomic mass is 32.2. The van der Waals surface area contributed by atoms with Crippen LogP contribution in [0.2, 0.25) is 0 Å². The molecule has 1 aliphatic carbocycles. The van der Waals surface area contributed by atoms with Gasteiger partial charge in [0.2, 0.25) is 0 Å². The van der Waals surface area contributed by atoms with Crippen molar-refractivity contribution in [2.24, 2.45) is 5.16 Å². The molecule has 0 aromatic carbocycles. The molecule has 1 saturated carbocycles. The largest absolute Gasteiger partial charge is 0.411 e. The lowest BCUT2D eigenvalue weighted by atomic mass is 9.99. The van der Waals surface area contributed by atoms with Crippen molar-refractivity contribution in [2.75, 3.05) is 0 Å². The van der Waals surface area contributed by atoms with Gasteiger partial charge in [0.15, 0.2) is 5.16 Å². The van der Waals surface area contributed by atoms with Crippen molar-refractivity contribution in [3.05, 3.63) is 6.33 Å². The Balaban J connectivity index is 1.97. The van der Waals surface area contributed by atoms with Crippen molar-refractivity contribution >= 4 is 17.5 Å². The summed E-state index contributed by atoms with van der Waals surface area (Å²) in [6, 6.07) is 0. The standard InChI is InChI=1S/C14H24N4OS/c19-18-12-9-7-5-3-1-2-4-6-8-10-13(12)20-14-15-11-16-17-14/h11,13,19H,1-10H2,(H,15,16,17). The maximum Gasteiger partial charge on any atom is 0.184 e. The number of H-pyrrole nitrogens is 1. The van der Waals surface area contributed by atoms with E-state index in [9.17, 15) is 5.21 Å². The Hall–Kier alpha value is -1.04. The molecule has 1 atom stereocenters. The Kier molecular flexibility index (Phi) is 6.91. The van der Waals surface area contributed by atoms with Gasteiger partial charge in [-0.05, 0) is 19.3 Å². The molecule has 2 rings (SSSR count). The molecule has 2 N–H and O–H groups in total. The van der Waals surface area contributed by atoms with E-state index in [0.29, 0.717) is 0 Å². The first-order chi connectivity index (χ1) is 9.90. The molecule has 1 heterocycles. The highest BCUT2D eigenvalue weighted by Crippen LogP contribution is 2.27. The van der Waals surface area contributed by atoms with Crippen LogP contribution in [0.3, 0.4) is 0 Å². The third kappa shape index (κ3) is 5.15. The zero-order valence-electron chi connectivity index (χ0n) is 11.9. The summed E-state index contributed by atoms with van der Waals surface area (Å²) < 4.78 is 0. The fourth-order valence-corrected chi connectivity index (χ4v) is 3.72. The molecule has 0 amide bonds. The average molecular weight is 296 g/mol. The number of aromatic nitrogens is 3. The summed E-state index contributed by atoms with van der Waals surface area (Å²) in [7, 11) is 0. The lowest BCUT2D eigenvalue weighted by Gasteiger charge is -2.17. The van der Waals surface area contributed by atoms with Crippen LogP contribution in [0.25, 0.3) is 0 Å². The smallest absolute Gasteiger partial charge is 0.184 e. The Labute approximate surface area is 124 Å². The summed E-state index contributed by atoms with van der Waals surface area (Å²) in [5.41, 5.74) is 0.909. The molecule has 112 valence electrons. The van der Waals surface area contributed by atoms with Crippen molar-refractivity contribution in [3.8, 4) is 0 Å². The molecular weight excluding hydrogens is 272 g/mol. The van der Waals surface area contributed by atoms with Crippen LogP contribution < -0.4 is 0 Å². The van der Waals surface area contributed by atoms with Gasteiger partial charge in [-0.15, -0.1) is 0 Å². The molecule has 0 saturated heterocycles. The second kappa shape index (κ2) is 9.00. The summed E-state index contributed by atoms with van der Waals surface area (Å²) in [4.78, 5) is 4.17. The zero-order chi connectivity index (χ0) is 14.0. The van der Waals surface area contributed by atoms with Gasteiger partial charge in [0.1, 0.15) is 6.33 Å². The van der Waals surface area contributed by atoms with Gasteiger partial charge in [-0.25, -0.2) is 4.98 Å². The summed E-state index contributed by atoms with van der Waals surface area (Å²) in [5, 5.41) is 20.7. The van der Waals surface area contributed by atoms with E-state index >= 15 is 0 Å². The van der Waals surface area contributed by atoms with Gasteiger partial charge >= 0.3 is 0 Å². The first-order valence-corrected chi connectivity index (χ1v) is 8.51. The Morgan fingerprint density at radius 2 is 1.80 bits per heavy atom. The number of hydrogen-bond donors (Lipinski definition) is 2. The van der Waals surface area contributed by atoms with Gasteiger partial charge in [0.05, 0.1) is 11.0 Å². The third-order valence-corrected chi connectivity index (χ3v) is 5.01. The fourth-order valence-electron chi connectivity index (χ4n) is 2.65. The summed E-state index contributed by atoms with van der Waals surface area (Å²) >= 11 is 1.63. The van der Waals surface area contributed by atoms with Gasteiger partial charge in [0, 0.05) is 0 Å². The number of thioether (sulfide) groups is 1. The second-order valence-corrected chi connectivity index (χ2v) is 6.55. The molecular formula is C14H24N4OS. The van der Waals surface area contributed by atoms with Crippen molar-refractivity contribution < 1.29 is 5.21 Å². The van der Waals surface area contributed by atoms with E-state index in [1.54, 1.807) is 11.8 Å². The van der Waals surface area contributed by atoms with Crippen LogP contribution in [0, 0.1) is 0 Å². The molecule has 1 aliphatic rings. The van der Waals surface area contributed by atoms with Crippen LogP contribution in [0.1, 0.15) is 64.2 Å². The molecule has 0 bridgehead atoms. The second-order valence-electron chi connectivity index (χ2n) is 5.36. The van der Waals surface area contributed by atoms with Gasteiger partial charge in [-0.3, -0.25) is 5.10 Å². The topological polar surface area (TPSA) is 74.2 Å². The molecule has 1 fully saturated rings. The Morgan fingerprint density at radius 1 is 1.10 bits per heavy atom. The SMILES string of the molecule is ON=C1CCCCCCCCCCC1Sc1ncn[nH]1. The van der Waals surface area contributed by atoms with E-state index in [2.05, 4.69) is 20.3 Å². The van der Waals surface area contributed by atoms with E-state index in [0.717, 1.165) is 30.1 Å². The lowest BCUT2D eigenvalue weighted by molar-refractivity contribution is 0.315. The van der Waals surface area contributed by atoms with Gasteiger partial charge in [-0.2, -0.15) is 5.10 Å². The van der Waals surface area contributed by atoms with E-state index in [1.807, 2.05) is 0 Å². The molecule has 1 aromatic rings. The first kappa shape index (κ1) is 15.4. The molecule has 1 unspecified atom stereocenters. The minimum atomic E-state index is 0.215. The minimum Gasteiger partial charge on any atom is -0.411 e. The first-order valence-electron chi connectivity index (χ1n) is 7.63. The highest BCUT2D eigenvalue weighted by Gasteiger charge is 2.19. The van der Waals surface area contributed by atoms with Crippen molar-refractivity contribution in [1.29, 1.82) is 0 Å². The molecule has 5 nitrogen and oxygen atoms in total. The van der Waals surface area contributed by atoms with Crippen LogP contribution in [-0.4, -0.2) is 31.4 Å². The van der Waals surface area contributed by atoms with Crippen LogP contribution in [0.5, 0.6) is 0 Å². The summed E-state index contributed by atoms with van der Waals surface area (Å²) in [5.74, 6) is 0. The monoisotopic (exact) mass is 296 g/mol. The number of nitrogens with zero attached hydrogens (tertiary/aromatic N) is 3. The van der Waals surface area contributed by atoms with Gasteiger partial charge in [-0.1, -0.05) is 61.9 Å². The van der Waals surface area contributed by atoms with E-state index in [1.165, 1.54) is 51.3 Å². The van der Waals surface area contributed by atoms with E-state index in [4.69, 9.17) is 0 Å². The number of aromatic amines is 1. The average Bonchev–Trinajstić information content (AvgIpc) is 2.95. The third-order valence-electron chi connectivity index (χ3n) is 3.80. The number of rotatable bonds is 2. The predicted octanol–water partition coefficient (Wildman–Crippen LogP) is 4.01. The highest BCUT2D eigenvalue weighted by molar-refractivity contribution is 8.00. The number of nitrogens with one attached hydrogen (secondary N) is 1. The van der Waals surface area contributed by atoms with Crippen LogP contribution >= 0.6 is 11.8 Å². The van der Waals surface area contributed by atoms with Crippen molar-refractivity contribution in [2.45, 2.75) is 74.6 Å². The van der Waals surface area contributed by atoms with Gasteiger partial charge < -0.3 is 5.21 Å². The Morgan fingerprint density at radius 3 is 2.45 bits per heavy atom. The fraction of sp³-hybridized carbons (Fsp3) is 0.786. The molecule has 20 heavy (non-hydrogen) atoms. The summed E-state index contributed by atoms with van der Waals surface area (Å²) in [6.45, 7) is 0. The normalized spacial score (nSPS) is 25.0. The molecule has 6 heteroatoms. The van der Waals surface area contributed by atoms with E-state index < -0.39 is 0 Å². The van der Waals surface area contributed by atoms with Crippen molar-refractivity contribution in [3.63, 3.8) is 0 Å². The quantitative estimate of drug-likeness (QED) is 0.638. The number of hydrogen-bond acceptors (Lipinski definition) is 5. The summed E-state index contributed by atoms with van der Waals surface area (Å²) in [6.07, 6.45) is 13.6. The number of oxime groups is 1. The minimum absolute atomic E-state index is 0.215. The van der Waals surface area contributed by atoms with E-state index in [-0.39, 0.29) is 5.25 Å². The lowest BCUT2D eigenvalue weighted by Crippen LogP contribution is -2.18. The van der Waals surface area contributed by atoms with Crippen LogP contribution in [-0.2, 0) is 0 Å². The van der Waals surface area contributed by atoms with Gasteiger partial charge in [0.25, 0.3) is 0 Å². The Bertz CT molecular complexity index is 394. The van der Waals surface area contributed by atoms with Crippen molar-refractivity contribution in [1.82, 2.24) is 15.2 Å². The molecule has 0 radical (unpaired) electrons. The maximum absolute atomic E-state index is 9.32. The maximum atomic E-state index is 9.32.